The Morgan fingerprint density at radius 1 is 0.882 bits per heavy atom. The van der Waals surface area contributed by atoms with Crippen molar-refractivity contribution < 1.29 is 8.78 Å². The van der Waals surface area contributed by atoms with Crippen molar-refractivity contribution >= 4 is 0 Å². The normalized spacial score (nSPS) is 10.5. The van der Waals surface area contributed by atoms with Gasteiger partial charge >= 0.3 is 0 Å². The molecule has 0 aliphatic carbocycles. The summed E-state index contributed by atoms with van der Waals surface area (Å²) in [5, 5.41) is 0. The summed E-state index contributed by atoms with van der Waals surface area (Å²) < 4.78 is 26.3. The van der Waals surface area contributed by atoms with E-state index in [9.17, 15) is 8.78 Å². The van der Waals surface area contributed by atoms with Gasteiger partial charge in [0.05, 0.1) is 0 Å². The molecule has 0 bridgehead atoms. The first-order valence-corrected chi connectivity index (χ1v) is 5.64. The maximum absolute atomic E-state index is 13.6. The maximum Gasteiger partial charge on any atom is 0.126 e. The van der Waals surface area contributed by atoms with Crippen molar-refractivity contribution in [3.63, 3.8) is 0 Å². The molecule has 0 N–H and O–H groups in total. The van der Waals surface area contributed by atoms with Gasteiger partial charge in [0.2, 0.25) is 0 Å². The van der Waals surface area contributed by atoms with Crippen molar-refractivity contribution in [2.45, 2.75) is 19.8 Å². The monoisotopic (exact) mass is 232 g/mol. The van der Waals surface area contributed by atoms with E-state index < -0.39 is 0 Å². The van der Waals surface area contributed by atoms with Crippen LogP contribution in [0.1, 0.15) is 16.7 Å². The second-order valence-corrected chi connectivity index (χ2v) is 4.22. The number of halogens is 2. The number of rotatable bonds is 3. The van der Waals surface area contributed by atoms with Crippen molar-refractivity contribution in [2.24, 2.45) is 0 Å². The molecule has 0 spiro atoms. The molecule has 0 aliphatic rings. The molecule has 0 aromatic heterocycles. The van der Waals surface area contributed by atoms with Gasteiger partial charge < -0.3 is 0 Å². The van der Waals surface area contributed by atoms with E-state index in [0.29, 0.717) is 12.0 Å². The molecule has 0 amide bonds. The summed E-state index contributed by atoms with van der Waals surface area (Å²) in [6.07, 6.45) is 1.36. The van der Waals surface area contributed by atoms with Gasteiger partial charge in [0, 0.05) is 0 Å². The predicted molar refractivity (Wildman–Crippen MR) is 64.9 cm³/mol. The molecule has 2 rings (SSSR count). The van der Waals surface area contributed by atoms with Crippen LogP contribution in [0.15, 0.2) is 42.5 Å². The van der Waals surface area contributed by atoms with Crippen molar-refractivity contribution in [3.8, 4) is 0 Å². The first kappa shape index (κ1) is 11.8. The van der Waals surface area contributed by atoms with E-state index in [1.807, 2.05) is 19.1 Å². The fourth-order valence-corrected chi connectivity index (χ4v) is 1.79. The first-order chi connectivity index (χ1) is 8.15. The fraction of sp³-hybridized carbons (Fsp3) is 0.200. The molecule has 0 saturated carbocycles. The highest BCUT2D eigenvalue weighted by atomic mass is 19.1. The molecule has 2 heteroatoms. The standard InChI is InChI=1S/C15H14F2/c1-11-2-6-13(15(17)10-11)7-3-12-4-8-14(16)9-5-12/h2,4-6,8-10H,3,7H2,1H3. The van der Waals surface area contributed by atoms with E-state index >= 15 is 0 Å². The van der Waals surface area contributed by atoms with Gasteiger partial charge in [-0.25, -0.2) is 8.78 Å². The van der Waals surface area contributed by atoms with Crippen LogP contribution in [0.4, 0.5) is 8.78 Å². The molecule has 88 valence electrons. The Hall–Kier alpha value is -1.70. The topological polar surface area (TPSA) is 0 Å². The average molecular weight is 232 g/mol. The molecule has 0 saturated heterocycles. The van der Waals surface area contributed by atoms with Crippen LogP contribution >= 0.6 is 0 Å². The summed E-state index contributed by atoms with van der Waals surface area (Å²) in [5.41, 5.74) is 2.65. The Balaban J connectivity index is 2.04. The van der Waals surface area contributed by atoms with Gasteiger partial charge in [0.1, 0.15) is 11.6 Å². The van der Waals surface area contributed by atoms with Crippen LogP contribution < -0.4 is 0 Å². The van der Waals surface area contributed by atoms with Gasteiger partial charge in [0.25, 0.3) is 0 Å². The highest BCUT2D eigenvalue weighted by molar-refractivity contribution is 5.25. The van der Waals surface area contributed by atoms with Gasteiger partial charge in [-0.15, -0.1) is 0 Å². The lowest BCUT2D eigenvalue weighted by Crippen LogP contribution is -1.95. The lowest BCUT2D eigenvalue weighted by atomic mass is 10.0. The zero-order valence-electron chi connectivity index (χ0n) is 9.71. The van der Waals surface area contributed by atoms with E-state index in [0.717, 1.165) is 17.5 Å². The molecule has 0 radical (unpaired) electrons. The minimum absolute atomic E-state index is 0.160. The second kappa shape index (κ2) is 5.09. The maximum atomic E-state index is 13.6. The molecule has 0 heterocycles. The number of aryl methyl sites for hydroxylation is 3. The molecule has 0 fully saturated rings. The first-order valence-electron chi connectivity index (χ1n) is 5.64. The molecule has 17 heavy (non-hydrogen) atoms. The van der Waals surface area contributed by atoms with Gasteiger partial charge in [-0.3, -0.25) is 0 Å². The summed E-state index contributed by atoms with van der Waals surface area (Å²) in [7, 11) is 0. The van der Waals surface area contributed by atoms with Gasteiger partial charge in [-0.05, 0) is 54.7 Å². The molecule has 0 nitrogen and oxygen atoms in total. The Bertz CT molecular complexity index is 501. The van der Waals surface area contributed by atoms with Crippen molar-refractivity contribution in [2.75, 3.05) is 0 Å². The van der Waals surface area contributed by atoms with E-state index in [1.54, 1.807) is 18.2 Å². The van der Waals surface area contributed by atoms with Gasteiger partial charge in [-0.1, -0.05) is 24.3 Å². The largest absolute Gasteiger partial charge is 0.207 e. The third kappa shape index (κ3) is 3.13. The lowest BCUT2D eigenvalue weighted by molar-refractivity contribution is 0.607. The SMILES string of the molecule is Cc1ccc(CCc2ccc(F)cc2)c(F)c1. The van der Waals surface area contributed by atoms with Crippen LogP contribution in [-0.2, 0) is 12.8 Å². The summed E-state index contributed by atoms with van der Waals surface area (Å²) in [6.45, 7) is 1.87. The second-order valence-electron chi connectivity index (χ2n) is 4.22. The Kier molecular flexibility index (Phi) is 3.52. The highest BCUT2D eigenvalue weighted by Gasteiger charge is 2.02. The lowest BCUT2D eigenvalue weighted by Gasteiger charge is -2.04. The van der Waals surface area contributed by atoms with Crippen LogP contribution in [0.2, 0.25) is 0 Å². The number of hydrogen-bond acceptors (Lipinski definition) is 0. The van der Waals surface area contributed by atoms with Crippen LogP contribution in [0, 0.1) is 18.6 Å². The molecule has 0 unspecified atom stereocenters. The van der Waals surface area contributed by atoms with E-state index in [2.05, 4.69) is 0 Å². The Labute approximate surface area is 99.9 Å². The number of benzene rings is 2. The van der Waals surface area contributed by atoms with Gasteiger partial charge in [-0.2, -0.15) is 0 Å². The third-order valence-corrected chi connectivity index (χ3v) is 2.80. The zero-order chi connectivity index (χ0) is 12.3. The van der Waals surface area contributed by atoms with Crippen molar-refractivity contribution in [1.29, 1.82) is 0 Å². The smallest absolute Gasteiger partial charge is 0.126 e. The average Bonchev–Trinajstić information content (AvgIpc) is 2.30. The third-order valence-electron chi connectivity index (χ3n) is 2.80. The highest BCUT2D eigenvalue weighted by Crippen LogP contribution is 2.13. The quantitative estimate of drug-likeness (QED) is 0.748. The van der Waals surface area contributed by atoms with Crippen LogP contribution in [0.3, 0.4) is 0 Å². The molecular formula is C15H14F2. The minimum atomic E-state index is -0.240. The van der Waals surface area contributed by atoms with Crippen LogP contribution in [0.5, 0.6) is 0 Å². The van der Waals surface area contributed by atoms with Crippen molar-refractivity contribution in [3.05, 3.63) is 70.8 Å². The van der Waals surface area contributed by atoms with E-state index in [4.69, 9.17) is 0 Å². The molecular weight excluding hydrogens is 218 g/mol. The predicted octanol–water partition coefficient (Wildman–Crippen LogP) is 4.06. The Morgan fingerprint density at radius 2 is 1.59 bits per heavy atom. The van der Waals surface area contributed by atoms with E-state index in [-0.39, 0.29) is 11.6 Å². The minimum Gasteiger partial charge on any atom is -0.207 e. The van der Waals surface area contributed by atoms with E-state index in [1.165, 1.54) is 12.1 Å². The molecule has 2 aromatic rings. The molecule has 0 atom stereocenters. The summed E-state index contributed by atoms with van der Waals surface area (Å²) in [4.78, 5) is 0. The van der Waals surface area contributed by atoms with Gasteiger partial charge in [0.15, 0.2) is 0 Å². The van der Waals surface area contributed by atoms with Crippen molar-refractivity contribution in [1.82, 2.24) is 0 Å². The summed E-state index contributed by atoms with van der Waals surface area (Å²) in [6, 6.07) is 11.6. The summed E-state index contributed by atoms with van der Waals surface area (Å²) >= 11 is 0. The van der Waals surface area contributed by atoms with Crippen LogP contribution in [0.25, 0.3) is 0 Å². The molecule has 2 aromatic carbocycles. The Morgan fingerprint density at radius 3 is 2.24 bits per heavy atom. The number of hydrogen-bond donors (Lipinski definition) is 0. The van der Waals surface area contributed by atoms with Crippen LogP contribution in [-0.4, -0.2) is 0 Å². The summed E-state index contributed by atoms with van der Waals surface area (Å²) in [5.74, 6) is -0.401. The molecule has 0 aliphatic heterocycles. The zero-order valence-corrected chi connectivity index (χ0v) is 9.71. The fourth-order valence-electron chi connectivity index (χ4n) is 1.79.